The fourth-order valence-electron chi connectivity index (χ4n) is 1.51. The molecule has 0 atom stereocenters. The molecule has 0 saturated carbocycles. The highest BCUT2D eigenvalue weighted by Crippen LogP contribution is 2.16. The lowest BCUT2D eigenvalue weighted by atomic mass is 10.3. The number of hydrogen-bond acceptors (Lipinski definition) is 6. The van der Waals surface area contributed by atoms with Gasteiger partial charge in [-0.25, -0.2) is 8.42 Å². The van der Waals surface area contributed by atoms with Crippen LogP contribution in [0.2, 0.25) is 0 Å². The molecule has 0 bridgehead atoms. The molecule has 0 unspecified atom stereocenters. The maximum Gasteiger partial charge on any atom is 0.270 e. The Hall–Kier alpha value is -2.85. The van der Waals surface area contributed by atoms with E-state index in [1.165, 1.54) is 36.7 Å². The lowest BCUT2D eigenvalue weighted by molar-refractivity contribution is -0.385. The van der Waals surface area contributed by atoms with Gasteiger partial charge in [-0.1, -0.05) is 6.07 Å². The van der Waals surface area contributed by atoms with Crippen LogP contribution < -0.4 is 10.3 Å². The number of amides is 1. The van der Waals surface area contributed by atoms with E-state index in [-0.39, 0.29) is 16.1 Å². The number of nitrogens with zero attached hydrogens (tertiary/aromatic N) is 2. The fraction of sp³-hybridized carbons (Fsp3) is 0. The third-order valence-corrected chi connectivity index (χ3v) is 3.81. The highest BCUT2D eigenvalue weighted by Gasteiger charge is 2.18. The molecule has 1 aromatic carbocycles. The first-order chi connectivity index (χ1) is 10.4. The molecule has 0 saturated heterocycles. The number of hydrazine groups is 1. The lowest BCUT2D eigenvalue weighted by Gasteiger charge is -2.08. The molecule has 0 aliphatic carbocycles. The zero-order chi connectivity index (χ0) is 16.2. The number of benzene rings is 1. The number of carbonyl (C=O) groups excluding carboxylic acids is 1. The van der Waals surface area contributed by atoms with Gasteiger partial charge in [-0.15, -0.1) is 4.83 Å². The monoisotopic (exact) mass is 322 g/mol. The summed E-state index contributed by atoms with van der Waals surface area (Å²) in [4.78, 5) is 26.9. The van der Waals surface area contributed by atoms with Crippen LogP contribution in [-0.4, -0.2) is 24.2 Å². The molecule has 0 aliphatic rings. The van der Waals surface area contributed by atoms with Crippen molar-refractivity contribution >= 4 is 21.6 Å². The summed E-state index contributed by atoms with van der Waals surface area (Å²) in [6.45, 7) is 0. The Morgan fingerprint density at radius 1 is 1.23 bits per heavy atom. The molecule has 114 valence electrons. The van der Waals surface area contributed by atoms with Gasteiger partial charge in [0.1, 0.15) is 0 Å². The molecule has 10 heteroatoms. The first kappa shape index (κ1) is 15.5. The highest BCUT2D eigenvalue weighted by atomic mass is 32.2. The second-order valence-corrected chi connectivity index (χ2v) is 5.74. The van der Waals surface area contributed by atoms with Gasteiger partial charge >= 0.3 is 0 Å². The summed E-state index contributed by atoms with van der Waals surface area (Å²) in [5.41, 5.74) is 1.78. The molecule has 1 heterocycles. The van der Waals surface area contributed by atoms with E-state index in [0.717, 1.165) is 12.1 Å². The van der Waals surface area contributed by atoms with E-state index < -0.39 is 20.9 Å². The predicted molar refractivity (Wildman–Crippen MR) is 75.1 cm³/mol. The van der Waals surface area contributed by atoms with Crippen LogP contribution in [0.4, 0.5) is 5.69 Å². The number of nitrogens with one attached hydrogen (secondary N) is 2. The van der Waals surface area contributed by atoms with Crippen molar-refractivity contribution in [2.24, 2.45) is 0 Å². The van der Waals surface area contributed by atoms with E-state index >= 15 is 0 Å². The first-order valence-corrected chi connectivity index (χ1v) is 7.35. The van der Waals surface area contributed by atoms with Gasteiger partial charge in [0, 0.05) is 24.5 Å². The number of pyridine rings is 1. The van der Waals surface area contributed by atoms with Crippen LogP contribution in [0.25, 0.3) is 0 Å². The molecule has 2 rings (SSSR count). The minimum Gasteiger partial charge on any atom is -0.273 e. The Labute approximate surface area is 125 Å². The number of aromatic nitrogens is 1. The Balaban J connectivity index is 2.13. The number of rotatable bonds is 5. The standard InChI is InChI=1S/C12H10N4O5S/c17-12(9-3-2-6-13-8-9)14-15-22(20,21)11-5-1-4-10(7-11)16(18)19/h1-8,15H,(H,14,17). The van der Waals surface area contributed by atoms with E-state index in [0.29, 0.717) is 0 Å². The maximum absolute atomic E-state index is 12.0. The summed E-state index contributed by atoms with van der Waals surface area (Å²) in [5.74, 6) is -0.706. The van der Waals surface area contributed by atoms with Crippen molar-refractivity contribution in [1.82, 2.24) is 15.2 Å². The summed E-state index contributed by atoms with van der Waals surface area (Å²) in [5, 5.41) is 10.6. The van der Waals surface area contributed by atoms with Crippen LogP contribution in [0, 0.1) is 10.1 Å². The van der Waals surface area contributed by atoms with Crippen molar-refractivity contribution in [3.05, 3.63) is 64.5 Å². The second-order valence-electron chi connectivity index (χ2n) is 4.06. The van der Waals surface area contributed by atoms with Crippen LogP contribution >= 0.6 is 0 Å². The van der Waals surface area contributed by atoms with Gasteiger partial charge in [-0.05, 0) is 18.2 Å². The van der Waals surface area contributed by atoms with E-state index in [1.54, 1.807) is 0 Å². The van der Waals surface area contributed by atoms with Crippen molar-refractivity contribution in [2.75, 3.05) is 0 Å². The third-order valence-electron chi connectivity index (χ3n) is 2.56. The minimum absolute atomic E-state index is 0.157. The molecule has 1 aromatic heterocycles. The Kier molecular flexibility index (Phi) is 4.44. The molecule has 0 radical (unpaired) electrons. The average Bonchev–Trinajstić information content (AvgIpc) is 2.53. The topological polar surface area (TPSA) is 131 Å². The van der Waals surface area contributed by atoms with Gasteiger partial charge < -0.3 is 0 Å². The van der Waals surface area contributed by atoms with Crippen molar-refractivity contribution in [2.45, 2.75) is 4.90 Å². The molecule has 1 amide bonds. The summed E-state index contributed by atoms with van der Waals surface area (Å²) >= 11 is 0. The third kappa shape index (κ3) is 3.62. The van der Waals surface area contributed by atoms with Gasteiger partial charge in [-0.3, -0.25) is 25.3 Å². The molecule has 22 heavy (non-hydrogen) atoms. The second kappa shape index (κ2) is 6.28. The summed E-state index contributed by atoms with van der Waals surface area (Å²) < 4.78 is 24.0. The zero-order valence-electron chi connectivity index (χ0n) is 11.0. The number of nitro benzene ring substituents is 1. The molecule has 2 N–H and O–H groups in total. The van der Waals surface area contributed by atoms with Crippen LogP contribution in [0.1, 0.15) is 10.4 Å². The van der Waals surface area contributed by atoms with Gasteiger partial charge in [0.15, 0.2) is 0 Å². The van der Waals surface area contributed by atoms with Crippen molar-refractivity contribution in [3.8, 4) is 0 Å². The number of nitro groups is 1. The first-order valence-electron chi connectivity index (χ1n) is 5.87. The summed E-state index contributed by atoms with van der Waals surface area (Å²) in [7, 11) is -4.13. The van der Waals surface area contributed by atoms with E-state index in [1.807, 2.05) is 10.3 Å². The van der Waals surface area contributed by atoms with Crippen molar-refractivity contribution in [3.63, 3.8) is 0 Å². The molecule has 0 fully saturated rings. The molecule has 9 nitrogen and oxygen atoms in total. The van der Waals surface area contributed by atoms with Crippen LogP contribution in [0.5, 0.6) is 0 Å². The Bertz CT molecular complexity index is 807. The quantitative estimate of drug-likeness (QED) is 0.612. The van der Waals surface area contributed by atoms with E-state index in [4.69, 9.17) is 0 Å². The lowest BCUT2D eigenvalue weighted by Crippen LogP contribution is -2.41. The number of sulfonamides is 1. The largest absolute Gasteiger partial charge is 0.273 e. The van der Waals surface area contributed by atoms with Crippen LogP contribution in [0.15, 0.2) is 53.7 Å². The van der Waals surface area contributed by atoms with Crippen LogP contribution in [0.3, 0.4) is 0 Å². The predicted octanol–water partition coefficient (Wildman–Crippen LogP) is 0.613. The number of hydrogen-bond donors (Lipinski definition) is 2. The Morgan fingerprint density at radius 2 is 2.00 bits per heavy atom. The van der Waals surface area contributed by atoms with E-state index in [2.05, 4.69) is 4.98 Å². The van der Waals surface area contributed by atoms with Gasteiger partial charge in [0.25, 0.3) is 21.6 Å². The minimum atomic E-state index is -4.13. The SMILES string of the molecule is O=C(NNS(=O)(=O)c1cccc([N+](=O)[O-])c1)c1cccnc1. The van der Waals surface area contributed by atoms with Crippen molar-refractivity contribution < 1.29 is 18.1 Å². The molecule has 0 aliphatic heterocycles. The molecular formula is C12H10N4O5S. The van der Waals surface area contributed by atoms with Gasteiger partial charge in [0.2, 0.25) is 0 Å². The number of non-ortho nitro benzene ring substituents is 1. The Morgan fingerprint density at radius 3 is 2.64 bits per heavy atom. The normalized spacial score (nSPS) is 10.9. The highest BCUT2D eigenvalue weighted by molar-refractivity contribution is 7.89. The van der Waals surface area contributed by atoms with Crippen LogP contribution in [-0.2, 0) is 10.0 Å². The van der Waals surface area contributed by atoms with Gasteiger partial charge in [-0.2, -0.15) is 0 Å². The van der Waals surface area contributed by atoms with E-state index in [9.17, 15) is 23.3 Å². The molecule has 2 aromatic rings. The van der Waals surface area contributed by atoms with Gasteiger partial charge in [0.05, 0.1) is 15.4 Å². The smallest absolute Gasteiger partial charge is 0.270 e. The van der Waals surface area contributed by atoms with Crippen molar-refractivity contribution in [1.29, 1.82) is 0 Å². The average molecular weight is 322 g/mol. The molecule has 0 spiro atoms. The summed E-state index contributed by atoms with van der Waals surface area (Å²) in [6, 6.07) is 7.42. The fourth-order valence-corrected chi connectivity index (χ4v) is 2.38. The molecular weight excluding hydrogens is 312 g/mol. The zero-order valence-corrected chi connectivity index (χ0v) is 11.8. The number of carbonyl (C=O) groups is 1. The maximum atomic E-state index is 12.0. The summed E-state index contributed by atoms with van der Waals surface area (Å²) in [6.07, 6.45) is 2.72.